The number of carbonyl (C=O) groups is 3. The Bertz CT molecular complexity index is 1510. The highest BCUT2D eigenvalue weighted by molar-refractivity contribution is 6.34. The van der Waals surface area contributed by atoms with Gasteiger partial charge < -0.3 is 25.4 Å². The van der Waals surface area contributed by atoms with Crippen molar-refractivity contribution in [1.29, 1.82) is 0 Å². The van der Waals surface area contributed by atoms with E-state index in [-0.39, 0.29) is 12.2 Å². The van der Waals surface area contributed by atoms with Crippen LogP contribution in [-0.2, 0) is 20.7 Å². The number of ether oxygens (including phenoxy) is 1. The molecule has 0 saturated heterocycles. The molecular weight excluding hydrogens is 626 g/mol. The maximum atomic E-state index is 14.9. The first-order chi connectivity index (χ1) is 22.7. The first-order valence-electron chi connectivity index (χ1n) is 16.9. The van der Waals surface area contributed by atoms with Crippen molar-refractivity contribution in [3.05, 3.63) is 93.5 Å². The van der Waals surface area contributed by atoms with Crippen LogP contribution in [0.1, 0.15) is 100 Å². The van der Waals surface area contributed by atoms with Crippen LogP contribution in [0.3, 0.4) is 0 Å². The zero-order chi connectivity index (χ0) is 35.4. The van der Waals surface area contributed by atoms with E-state index in [4.69, 9.17) is 16.3 Å². The molecule has 260 valence electrons. The van der Waals surface area contributed by atoms with Gasteiger partial charge in [0.1, 0.15) is 23.4 Å². The normalized spacial score (nSPS) is 12.6. The van der Waals surface area contributed by atoms with Crippen LogP contribution in [0.4, 0.5) is 10.5 Å². The number of rotatable bonds is 15. The second-order valence-electron chi connectivity index (χ2n) is 13.6. The molecule has 3 aromatic rings. The van der Waals surface area contributed by atoms with E-state index < -0.39 is 35.6 Å². The van der Waals surface area contributed by atoms with Crippen molar-refractivity contribution < 1.29 is 24.2 Å². The van der Waals surface area contributed by atoms with Crippen molar-refractivity contribution >= 4 is 35.2 Å². The van der Waals surface area contributed by atoms with Gasteiger partial charge >= 0.3 is 6.09 Å². The lowest BCUT2D eigenvalue weighted by Crippen LogP contribution is -2.53. The lowest BCUT2D eigenvalue weighted by molar-refractivity contribution is -0.140. The summed E-state index contributed by atoms with van der Waals surface area (Å²) in [5, 5.41) is 16.1. The summed E-state index contributed by atoms with van der Waals surface area (Å²) in [6.45, 7) is 13.5. The van der Waals surface area contributed by atoms with E-state index in [0.29, 0.717) is 29.2 Å². The number of nitrogens with one attached hydrogen (secondary N) is 2. The number of aryl methyl sites for hydroxylation is 3. The third kappa shape index (κ3) is 11.6. The minimum absolute atomic E-state index is 0.0907. The summed E-state index contributed by atoms with van der Waals surface area (Å²) in [7, 11) is 0. The summed E-state index contributed by atoms with van der Waals surface area (Å²) >= 11 is 6.55. The highest BCUT2D eigenvalue weighted by atomic mass is 35.5. The Hall–Kier alpha value is -4.04. The number of phenols is 1. The number of aromatic hydroxyl groups is 1. The van der Waals surface area contributed by atoms with Crippen LogP contribution in [-0.4, -0.2) is 46.1 Å². The van der Waals surface area contributed by atoms with E-state index in [1.165, 1.54) is 12.1 Å². The van der Waals surface area contributed by atoms with E-state index >= 15 is 0 Å². The molecule has 9 heteroatoms. The zero-order valence-corrected chi connectivity index (χ0v) is 30.2. The molecule has 0 aliphatic rings. The largest absolute Gasteiger partial charge is 0.508 e. The predicted octanol–water partition coefficient (Wildman–Crippen LogP) is 8.98. The summed E-state index contributed by atoms with van der Waals surface area (Å²) in [6, 6.07) is 15.7. The minimum atomic E-state index is -1.06. The fraction of sp³-hybridized carbons (Fsp3) is 0.462. The van der Waals surface area contributed by atoms with Crippen LogP contribution < -0.4 is 10.6 Å². The van der Waals surface area contributed by atoms with E-state index in [2.05, 4.69) is 17.6 Å². The number of anilines is 1. The maximum Gasteiger partial charge on any atom is 0.408 e. The summed E-state index contributed by atoms with van der Waals surface area (Å²) in [5.41, 5.74) is 3.70. The number of hydrogen-bond donors (Lipinski definition) is 3. The number of hydrogen-bond acceptors (Lipinski definition) is 5. The highest BCUT2D eigenvalue weighted by Crippen LogP contribution is 2.32. The van der Waals surface area contributed by atoms with Crippen molar-refractivity contribution in [2.45, 2.75) is 111 Å². The number of nitrogens with zero attached hydrogens (tertiary/aromatic N) is 1. The first kappa shape index (κ1) is 38.4. The van der Waals surface area contributed by atoms with Gasteiger partial charge in [0.05, 0.1) is 10.7 Å². The van der Waals surface area contributed by atoms with Crippen LogP contribution in [0.2, 0.25) is 5.02 Å². The topological polar surface area (TPSA) is 108 Å². The number of unbranched alkanes of at least 4 members (excludes halogenated alkanes) is 5. The standard InChI is InChI=1S/C39H52ClN3O5/c1-8-9-10-11-12-13-23-43(37(46)33(41-38(47)48-39(5,6)7)25-29-19-21-30(44)22-20-29)35(31-24-26(2)17-18-27(31)3)36(45)42-34-28(4)15-14-16-32(34)40/h14-22,24,33,35,44H,8-13,23,25H2,1-7H3,(H,41,47)(H,42,45). The Labute approximate surface area is 291 Å². The van der Waals surface area contributed by atoms with Gasteiger partial charge in [-0.05, 0) is 88.4 Å². The number of phenolic OH excluding ortho intramolecular Hbond substituents is 1. The molecule has 3 amide bonds. The molecule has 0 bridgehead atoms. The van der Waals surface area contributed by atoms with Crippen molar-refractivity contribution in [3.63, 3.8) is 0 Å². The molecule has 0 aliphatic carbocycles. The zero-order valence-electron chi connectivity index (χ0n) is 29.5. The van der Waals surface area contributed by atoms with Gasteiger partial charge in [0.15, 0.2) is 0 Å². The lowest BCUT2D eigenvalue weighted by atomic mass is 9.95. The van der Waals surface area contributed by atoms with Crippen molar-refractivity contribution in [2.24, 2.45) is 0 Å². The summed E-state index contributed by atoms with van der Waals surface area (Å²) in [6.07, 6.45) is 5.32. The summed E-state index contributed by atoms with van der Waals surface area (Å²) in [5.74, 6) is -0.729. The molecular formula is C39H52ClN3O5. The first-order valence-corrected chi connectivity index (χ1v) is 17.3. The van der Waals surface area contributed by atoms with Gasteiger partial charge in [0.2, 0.25) is 5.91 Å². The number of amides is 3. The van der Waals surface area contributed by atoms with E-state index in [1.54, 1.807) is 43.9 Å². The molecule has 0 fully saturated rings. The molecule has 0 spiro atoms. The average molecular weight is 678 g/mol. The molecule has 2 unspecified atom stereocenters. The Morgan fingerprint density at radius 3 is 2.21 bits per heavy atom. The Balaban J connectivity index is 2.13. The molecule has 3 rings (SSSR count). The number of alkyl carbamates (subject to hydrolysis) is 1. The van der Waals surface area contributed by atoms with E-state index in [1.807, 2.05) is 51.1 Å². The smallest absolute Gasteiger partial charge is 0.408 e. The molecule has 8 nitrogen and oxygen atoms in total. The van der Waals surface area contributed by atoms with Gasteiger partial charge in [-0.3, -0.25) is 9.59 Å². The number of benzene rings is 3. The third-order valence-electron chi connectivity index (χ3n) is 8.16. The third-order valence-corrected chi connectivity index (χ3v) is 8.48. The van der Waals surface area contributed by atoms with Crippen molar-refractivity contribution in [1.82, 2.24) is 10.2 Å². The molecule has 0 heterocycles. The molecule has 3 N–H and O–H groups in total. The second-order valence-corrected chi connectivity index (χ2v) is 14.0. The van der Waals surface area contributed by atoms with Crippen molar-refractivity contribution in [3.8, 4) is 5.75 Å². The number of carbonyl (C=O) groups excluding carboxylic acids is 3. The van der Waals surface area contributed by atoms with E-state index in [9.17, 15) is 19.5 Å². The fourth-order valence-corrected chi connectivity index (χ4v) is 5.90. The number of para-hydroxylation sites is 1. The average Bonchev–Trinajstić information content (AvgIpc) is 3.01. The van der Waals surface area contributed by atoms with E-state index in [0.717, 1.165) is 54.4 Å². The summed E-state index contributed by atoms with van der Waals surface area (Å²) < 4.78 is 5.57. The predicted molar refractivity (Wildman–Crippen MR) is 194 cm³/mol. The highest BCUT2D eigenvalue weighted by Gasteiger charge is 2.37. The van der Waals surface area contributed by atoms with Crippen LogP contribution in [0.5, 0.6) is 5.75 Å². The molecule has 0 saturated carbocycles. The van der Waals surface area contributed by atoms with Gasteiger partial charge in [-0.15, -0.1) is 0 Å². The van der Waals surface area contributed by atoms with Crippen molar-refractivity contribution in [2.75, 3.05) is 11.9 Å². The molecule has 48 heavy (non-hydrogen) atoms. The van der Waals surface area contributed by atoms with Gasteiger partial charge in [-0.25, -0.2) is 4.79 Å². The maximum absolute atomic E-state index is 14.9. The molecule has 0 radical (unpaired) electrons. The van der Waals surface area contributed by atoms with Crippen LogP contribution >= 0.6 is 11.6 Å². The van der Waals surface area contributed by atoms with Gasteiger partial charge in [0, 0.05) is 13.0 Å². The molecule has 2 atom stereocenters. The monoisotopic (exact) mass is 677 g/mol. The second kappa shape index (κ2) is 17.9. The van der Waals surface area contributed by atoms with Crippen LogP contribution in [0, 0.1) is 20.8 Å². The number of halogens is 1. The SMILES string of the molecule is CCCCCCCCN(C(=O)C(Cc1ccc(O)cc1)NC(=O)OC(C)(C)C)C(C(=O)Nc1c(C)cccc1Cl)c1cc(C)ccc1C. The Morgan fingerprint density at radius 1 is 0.896 bits per heavy atom. The lowest BCUT2D eigenvalue weighted by Gasteiger charge is -2.35. The quantitative estimate of drug-likeness (QED) is 0.139. The summed E-state index contributed by atoms with van der Waals surface area (Å²) in [4.78, 5) is 44.2. The Morgan fingerprint density at radius 2 is 1.56 bits per heavy atom. The Kier molecular flexibility index (Phi) is 14.3. The van der Waals surface area contributed by atoms with Gasteiger partial charge in [0.25, 0.3) is 5.91 Å². The minimum Gasteiger partial charge on any atom is -0.508 e. The van der Waals surface area contributed by atoms with Crippen LogP contribution in [0.15, 0.2) is 60.7 Å². The molecule has 0 aliphatic heterocycles. The molecule has 0 aromatic heterocycles. The molecule has 3 aromatic carbocycles. The van der Waals surface area contributed by atoms with Gasteiger partial charge in [-0.1, -0.05) is 98.7 Å². The van der Waals surface area contributed by atoms with Gasteiger partial charge in [-0.2, -0.15) is 0 Å². The fourth-order valence-electron chi connectivity index (χ4n) is 5.63. The van der Waals surface area contributed by atoms with Crippen LogP contribution in [0.25, 0.3) is 0 Å².